The van der Waals surface area contributed by atoms with Gasteiger partial charge in [0.05, 0.1) is 7.11 Å². The Labute approximate surface area is 148 Å². The predicted octanol–water partition coefficient (Wildman–Crippen LogP) is 4.05. The van der Waals surface area contributed by atoms with Crippen LogP contribution in [-0.2, 0) is 16.0 Å². The summed E-state index contributed by atoms with van der Waals surface area (Å²) in [5.74, 6) is 2.92. The number of aryl methyl sites for hydroxylation is 1. The van der Waals surface area contributed by atoms with Crippen LogP contribution in [0.3, 0.4) is 0 Å². The third kappa shape index (κ3) is 2.49. The molecule has 0 radical (unpaired) electrons. The number of carbonyl (C=O) groups excluding carboxylic acids is 2. The number of esters is 1. The highest BCUT2D eigenvalue weighted by molar-refractivity contribution is 5.87. The molecular formula is C21H26O4. The SMILES string of the molecule is COc1cc2c(c(OC(C)=O)c1)[C@H]1CC[C@]3(C)C(=O)CC[C@H]3[C@@H]1CC2. The van der Waals surface area contributed by atoms with Crippen molar-refractivity contribution in [3.63, 3.8) is 0 Å². The van der Waals surface area contributed by atoms with Gasteiger partial charge in [0.15, 0.2) is 0 Å². The average molecular weight is 342 g/mol. The van der Waals surface area contributed by atoms with E-state index in [4.69, 9.17) is 9.47 Å². The summed E-state index contributed by atoms with van der Waals surface area (Å²) in [5, 5.41) is 0. The first-order valence-corrected chi connectivity index (χ1v) is 9.36. The molecule has 0 bridgehead atoms. The molecule has 3 aliphatic rings. The molecule has 4 nitrogen and oxygen atoms in total. The molecule has 0 N–H and O–H groups in total. The van der Waals surface area contributed by atoms with Gasteiger partial charge in [0.2, 0.25) is 0 Å². The average Bonchev–Trinajstić information content (AvgIpc) is 2.89. The van der Waals surface area contributed by atoms with Crippen molar-refractivity contribution in [1.82, 2.24) is 0 Å². The van der Waals surface area contributed by atoms with Crippen LogP contribution in [0, 0.1) is 17.3 Å². The molecule has 0 heterocycles. The fraction of sp³-hybridized carbons (Fsp3) is 0.619. The van der Waals surface area contributed by atoms with Crippen molar-refractivity contribution < 1.29 is 19.1 Å². The van der Waals surface area contributed by atoms with E-state index in [0.29, 0.717) is 29.3 Å². The maximum atomic E-state index is 12.5. The van der Waals surface area contributed by atoms with Crippen molar-refractivity contribution >= 4 is 11.8 Å². The van der Waals surface area contributed by atoms with Gasteiger partial charge in [-0.2, -0.15) is 0 Å². The lowest BCUT2D eigenvalue weighted by atomic mass is 9.55. The number of methoxy groups -OCH3 is 1. The van der Waals surface area contributed by atoms with Crippen LogP contribution in [0.25, 0.3) is 0 Å². The summed E-state index contributed by atoms with van der Waals surface area (Å²) in [6.07, 6.45) is 5.77. The van der Waals surface area contributed by atoms with Crippen LogP contribution in [0.5, 0.6) is 11.5 Å². The van der Waals surface area contributed by atoms with Gasteiger partial charge in [-0.15, -0.1) is 0 Å². The van der Waals surface area contributed by atoms with E-state index in [9.17, 15) is 9.59 Å². The second-order valence-electron chi connectivity index (χ2n) is 8.13. The van der Waals surface area contributed by atoms with Crippen molar-refractivity contribution in [1.29, 1.82) is 0 Å². The third-order valence-electron chi connectivity index (χ3n) is 6.95. The molecule has 2 saturated carbocycles. The number of ketones is 1. The molecule has 4 heteroatoms. The molecule has 0 unspecified atom stereocenters. The monoisotopic (exact) mass is 342 g/mol. The summed E-state index contributed by atoms with van der Waals surface area (Å²) in [7, 11) is 1.64. The normalized spacial score (nSPS) is 33.2. The minimum Gasteiger partial charge on any atom is -0.497 e. The quantitative estimate of drug-likeness (QED) is 0.601. The molecule has 2 fully saturated rings. The Balaban J connectivity index is 1.77. The van der Waals surface area contributed by atoms with E-state index in [-0.39, 0.29) is 11.4 Å². The molecule has 4 atom stereocenters. The van der Waals surface area contributed by atoms with Gasteiger partial charge in [0.25, 0.3) is 0 Å². The second kappa shape index (κ2) is 5.86. The number of Topliss-reactive ketones (excluding diaryl/α,β-unsaturated/α-hetero) is 1. The smallest absolute Gasteiger partial charge is 0.308 e. The van der Waals surface area contributed by atoms with E-state index >= 15 is 0 Å². The predicted molar refractivity (Wildman–Crippen MR) is 93.9 cm³/mol. The number of benzene rings is 1. The lowest BCUT2D eigenvalue weighted by molar-refractivity contribution is -0.132. The Kier molecular flexibility index (Phi) is 3.89. The highest BCUT2D eigenvalue weighted by Gasteiger charge is 2.55. The summed E-state index contributed by atoms with van der Waals surface area (Å²) in [6.45, 7) is 3.62. The van der Waals surface area contributed by atoms with Crippen molar-refractivity contribution in [2.75, 3.05) is 7.11 Å². The Morgan fingerprint density at radius 2 is 2.00 bits per heavy atom. The molecule has 0 saturated heterocycles. The number of carbonyl (C=O) groups is 2. The van der Waals surface area contributed by atoms with Gasteiger partial charge in [-0.1, -0.05) is 6.92 Å². The van der Waals surface area contributed by atoms with Gasteiger partial charge >= 0.3 is 5.97 Å². The molecule has 0 amide bonds. The first-order chi connectivity index (χ1) is 11.9. The minimum absolute atomic E-state index is 0.132. The second-order valence-corrected chi connectivity index (χ2v) is 8.13. The van der Waals surface area contributed by atoms with E-state index in [1.54, 1.807) is 7.11 Å². The number of rotatable bonds is 2. The summed E-state index contributed by atoms with van der Waals surface area (Å²) in [5.41, 5.74) is 2.30. The molecule has 0 aromatic heterocycles. The molecule has 3 aliphatic carbocycles. The van der Waals surface area contributed by atoms with Gasteiger partial charge in [0, 0.05) is 30.4 Å². The summed E-state index contributed by atoms with van der Waals surface area (Å²) in [4.78, 5) is 24.1. The molecule has 1 aromatic carbocycles. The fourth-order valence-electron chi connectivity index (χ4n) is 5.78. The first-order valence-electron chi connectivity index (χ1n) is 9.36. The van der Waals surface area contributed by atoms with Crippen LogP contribution in [0.2, 0.25) is 0 Å². The Hall–Kier alpha value is -1.84. The van der Waals surface area contributed by atoms with Crippen LogP contribution < -0.4 is 9.47 Å². The standard InChI is InChI=1S/C21H26O4/c1-12(22)25-18-11-14(24-3)10-13-4-5-15-16(20(13)18)8-9-21(2)17(15)6-7-19(21)23/h10-11,15-17H,4-9H2,1-3H3/t15-,16+,17+,21+/m1/s1. The summed E-state index contributed by atoms with van der Waals surface area (Å²) >= 11 is 0. The number of ether oxygens (including phenoxy) is 2. The first kappa shape index (κ1) is 16.6. The lowest BCUT2D eigenvalue weighted by Gasteiger charge is -2.48. The van der Waals surface area contributed by atoms with Crippen LogP contribution in [0.15, 0.2) is 12.1 Å². The fourth-order valence-corrected chi connectivity index (χ4v) is 5.78. The maximum Gasteiger partial charge on any atom is 0.308 e. The van der Waals surface area contributed by atoms with E-state index < -0.39 is 0 Å². The minimum atomic E-state index is -0.297. The molecular weight excluding hydrogens is 316 g/mol. The van der Waals surface area contributed by atoms with Crippen LogP contribution in [-0.4, -0.2) is 18.9 Å². The van der Waals surface area contributed by atoms with Crippen LogP contribution in [0.4, 0.5) is 0 Å². The van der Waals surface area contributed by atoms with Crippen LogP contribution in [0.1, 0.15) is 63.0 Å². The summed E-state index contributed by atoms with van der Waals surface area (Å²) in [6, 6.07) is 3.93. The highest BCUT2D eigenvalue weighted by Crippen LogP contribution is 2.60. The maximum absolute atomic E-state index is 12.5. The van der Waals surface area contributed by atoms with Crippen molar-refractivity contribution in [2.45, 2.75) is 58.3 Å². The van der Waals surface area contributed by atoms with Gasteiger partial charge < -0.3 is 9.47 Å². The summed E-state index contributed by atoms with van der Waals surface area (Å²) < 4.78 is 11.0. The Morgan fingerprint density at radius 1 is 1.20 bits per heavy atom. The highest BCUT2D eigenvalue weighted by atomic mass is 16.5. The van der Waals surface area contributed by atoms with Gasteiger partial charge in [-0.3, -0.25) is 9.59 Å². The Morgan fingerprint density at radius 3 is 2.72 bits per heavy atom. The van der Waals surface area contributed by atoms with Crippen molar-refractivity contribution in [2.24, 2.45) is 17.3 Å². The number of fused-ring (bicyclic) bond motifs is 5. The molecule has 0 spiro atoms. The van der Waals surface area contributed by atoms with E-state index in [1.165, 1.54) is 18.1 Å². The van der Waals surface area contributed by atoms with Crippen molar-refractivity contribution in [3.05, 3.63) is 23.3 Å². The lowest BCUT2D eigenvalue weighted by Crippen LogP contribution is -2.42. The third-order valence-corrected chi connectivity index (χ3v) is 6.95. The zero-order valence-electron chi connectivity index (χ0n) is 15.3. The zero-order valence-corrected chi connectivity index (χ0v) is 15.3. The molecule has 0 aliphatic heterocycles. The molecule has 1 aromatic rings. The Bertz CT molecular complexity index is 738. The van der Waals surface area contributed by atoms with Gasteiger partial charge in [-0.05, 0) is 61.5 Å². The van der Waals surface area contributed by atoms with E-state index in [1.807, 2.05) is 6.07 Å². The zero-order chi connectivity index (χ0) is 17.8. The van der Waals surface area contributed by atoms with Crippen LogP contribution >= 0.6 is 0 Å². The number of hydrogen-bond donors (Lipinski definition) is 0. The molecule has 4 rings (SSSR count). The topological polar surface area (TPSA) is 52.6 Å². The van der Waals surface area contributed by atoms with Gasteiger partial charge in [-0.25, -0.2) is 0 Å². The van der Waals surface area contributed by atoms with E-state index in [0.717, 1.165) is 44.3 Å². The van der Waals surface area contributed by atoms with Gasteiger partial charge in [0.1, 0.15) is 17.3 Å². The molecule has 25 heavy (non-hydrogen) atoms. The molecule has 134 valence electrons. The largest absolute Gasteiger partial charge is 0.497 e. The van der Waals surface area contributed by atoms with Crippen molar-refractivity contribution in [3.8, 4) is 11.5 Å². The van der Waals surface area contributed by atoms with E-state index in [2.05, 4.69) is 13.0 Å². The number of hydrogen-bond acceptors (Lipinski definition) is 4.